The summed E-state index contributed by atoms with van der Waals surface area (Å²) in [5, 5.41) is 0. The molecule has 0 aromatic heterocycles. The van der Waals surface area contributed by atoms with Crippen molar-refractivity contribution in [1.29, 1.82) is 0 Å². The van der Waals surface area contributed by atoms with Crippen LogP contribution in [0.15, 0.2) is 0 Å². The van der Waals surface area contributed by atoms with E-state index in [1.54, 1.807) is 0 Å². The van der Waals surface area contributed by atoms with Crippen LogP contribution in [0.1, 0.15) is 0 Å². The molecule has 0 saturated carbocycles. The summed E-state index contributed by atoms with van der Waals surface area (Å²) in [5.41, 5.74) is 0. The molecule has 0 fully saturated rings. The van der Waals surface area contributed by atoms with Gasteiger partial charge in [-0.15, -0.1) is 0 Å². The third-order valence-corrected chi connectivity index (χ3v) is 26.7. The number of halogens is 4. The molecule has 0 aliphatic carbocycles. The maximum atomic E-state index is 5.36. The summed E-state index contributed by atoms with van der Waals surface area (Å²) in [6.45, 7) is 0. The Morgan fingerprint density at radius 1 is 1.17 bits per heavy atom. The number of rotatable bonds is 1. The van der Waals surface area contributed by atoms with Gasteiger partial charge in [0, 0.05) is 0 Å². The molecular weight excluding hydrogens is 243 g/mol. The van der Waals surface area contributed by atoms with E-state index in [1.807, 2.05) is 0 Å². The normalized spacial score (nSPS) is 11.0. The van der Waals surface area contributed by atoms with Gasteiger partial charge in [0.25, 0.3) is 0 Å². The quantitative estimate of drug-likeness (QED) is 0.484. The Morgan fingerprint density at radius 2 is 1.33 bits per heavy atom. The molecule has 6 heavy (non-hydrogen) atoms. The van der Waals surface area contributed by atoms with E-state index in [-0.39, 0.29) is 0 Å². The second-order valence-electron chi connectivity index (χ2n) is 0.669. The van der Waals surface area contributed by atoms with Crippen LogP contribution in [0.2, 0.25) is 0 Å². The fourth-order valence-corrected chi connectivity index (χ4v) is 0. The van der Waals surface area contributed by atoms with Crippen LogP contribution in [-0.4, -0.2) is 17.8 Å². The van der Waals surface area contributed by atoms with Gasteiger partial charge in [0.05, 0.1) is 0 Å². The van der Waals surface area contributed by atoms with Gasteiger partial charge < -0.3 is 0 Å². The van der Waals surface area contributed by atoms with Gasteiger partial charge in [0.1, 0.15) is 0 Å². The minimum atomic E-state index is -2.01. The third kappa shape index (κ3) is 4.09. The van der Waals surface area contributed by atoms with Crippen molar-refractivity contribution in [3.8, 4) is 0 Å². The van der Waals surface area contributed by atoms with Gasteiger partial charge in [-0.1, -0.05) is 0 Å². The Balaban J connectivity index is 2.99. The van der Waals surface area contributed by atoms with Crippen LogP contribution < -0.4 is 0 Å². The summed E-state index contributed by atoms with van der Waals surface area (Å²) in [6.07, 6.45) is 0. The molecule has 0 amide bonds. The second kappa shape index (κ2) is 3.87. The van der Waals surface area contributed by atoms with Crippen molar-refractivity contribution in [2.24, 2.45) is 0 Å². The molecule has 0 aromatic carbocycles. The molecular formula is H2Cl4GeSi. The van der Waals surface area contributed by atoms with E-state index >= 15 is 0 Å². The van der Waals surface area contributed by atoms with Gasteiger partial charge in [-0.3, -0.25) is 0 Å². The van der Waals surface area contributed by atoms with E-state index in [1.165, 1.54) is 0 Å². The molecule has 0 nitrogen and oxygen atoms in total. The van der Waals surface area contributed by atoms with E-state index in [0.717, 1.165) is 0 Å². The molecule has 0 saturated heterocycles. The minimum absolute atomic E-state index is 1.58. The zero-order valence-corrected chi connectivity index (χ0v) is 9.27. The van der Waals surface area contributed by atoms with Crippen LogP contribution in [0.4, 0.5) is 0 Å². The average molecular weight is 245 g/mol. The molecule has 0 aliphatic rings. The van der Waals surface area contributed by atoms with E-state index < -0.39 is 17.8 Å². The van der Waals surface area contributed by atoms with Crippen molar-refractivity contribution in [3.05, 3.63) is 0 Å². The Labute approximate surface area is 59.6 Å². The topological polar surface area (TPSA) is 0 Å². The van der Waals surface area contributed by atoms with Crippen LogP contribution in [0.5, 0.6) is 0 Å². The van der Waals surface area contributed by atoms with Gasteiger partial charge in [-0.05, 0) is 0 Å². The third-order valence-electron chi connectivity index (χ3n) is 0.190. The van der Waals surface area contributed by atoms with E-state index in [9.17, 15) is 0 Å². The molecule has 0 bridgehead atoms. The fourth-order valence-electron chi connectivity index (χ4n) is 0. The predicted octanol–water partition coefficient (Wildman–Crippen LogP) is 1.46. The first-order chi connectivity index (χ1) is 2.64. The van der Waals surface area contributed by atoms with Crippen LogP contribution in [-0.2, 0) is 0 Å². The molecule has 0 spiro atoms. The van der Waals surface area contributed by atoms with Crippen LogP contribution >= 0.6 is 42.2 Å². The molecule has 0 unspecified atom stereocenters. The van der Waals surface area contributed by atoms with Gasteiger partial charge in [0.2, 0.25) is 0 Å². The molecule has 0 N–H and O–H groups in total. The average Bonchev–Trinajstić information content (AvgIpc) is 1.36. The number of hydrogen-bond acceptors (Lipinski definition) is 0. The molecule has 0 rings (SSSR count). The summed E-state index contributed by atoms with van der Waals surface area (Å²) < 4.78 is 0. The maximum absolute atomic E-state index is 5.36. The molecule has 0 aliphatic heterocycles. The van der Waals surface area contributed by atoms with Crippen molar-refractivity contribution in [1.82, 2.24) is 0 Å². The van der Waals surface area contributed by atoms with E-state index in [4.69, 9.17) is 42.2 Å². The van der Waals surface area contributed by atoms with E-state index in [0.29, 0.717) is 0 Å². The second-order valence-corrected chi connectivity index (χ2v) is 29.7. The fraction of sp³-hybridized carbons (Fsp3) is 0. The standard InChI is InChI=1S/Cl4GeH2Si/c1-5(2)6(3)4/h5-6H. The Kier molecular flexibility index (Phi) is 5.10. The summed E-state index contributed by atoms with van der Waals surface area (Å²) in [4.78, 5) is 0. The van der Waals surface area contributed by atoms with Crippen LogP contribution in [0.25, 0.3) is 0 Å². The predicted molar refractivity (Wildman–Crippen MR) is 37.7 cm³/mol. The number of hydrogen-bond donors (Lipinski definition) is 0. The first-order valence-corrected chi connectivity index (χ1v) is 15.9. The van der Waals surface area contributed by atoms with Crippen molar-refractivity contribution >= 4 is 60.0 Å². The summed E-state index contributed by atoms with van der Waals surface area (Å²) in [6, 6.07) is 0. The van der Waals surface area contributed by atoms with E-state index in [2.05, 4.69) is 0 Å². The van der Waals surface area contributed by atoms with Crippen molar-refractivity contribution in [2.75, 3.05) is 0 Å². The van der Waals surface area contributed by atoms with Gasteiger partial charge in [-0.2, -0.15) is 0 Å². The Hall–Kier alpha value is 1.92. The van der Waals surface area contributed by atoms with Crippen molar-refractivity contribution < 1.29 is 0 Å². The van der Waals surface area contributed by atoms with Gasteiger partial charge >= 0.3 is 60.0 Å². The molecule has 6 heteroatoms. The summed E-state index contributed by atoms with van der Waals surface area (Å²) >= 11 is 8.66. The van der Waals surface area contributed by atoms with Gasteiger partial charge in [-0.25, -0.2) is 0 Å². The van der Waals surface area contributed by atoms with Crippen LogP contribution in [0.3, 0.4) is 0 Å². The Bertz CT molecular complexity index is 28.5. The van der Waals surface area contributed by atoms with Crippen molar-refractivity contribution in [2.45, 2.75) is 0 Å². The zero-order valence-electron chi connectivity index (χ0n) is 2.67. The monoisotopic (exact) mass is 244 g/mol. The molecule has 38 valence electrons. The van der Waals surface area contributed by atoms with Crippen LogP contribution in [0, 0.1) is 0 Å². The Morgan fingerprint density at radius 3 is 1.33 bits per heavy atom. The SMILES string of the molecule is Cl[SiH](Cl)[GeH]([Cl])[Cl]. The van der Waals surface area contributed by atoms with Gasteiger partial charge in [0.15, 0.2) is 0 Å². The molecule has 0 aromatic rings. The first-order valence-electron chi connectivity index (χ1n) is 1.21. The summed E-state index contributed by atoms with van der Waals surface area (Å²) in [7, 11) is 10.7. The first kappa shape index (κ1) is 7.92. The molecule has 0 heterocycles. The molecule has 0 atom stereocenters. The molecule has 0 radical (unpaired) electrons. The van der Waals surface area contributed by atoms with Crippen molar-refractivity contribution in [3.63, 3.8) is 0 Å². The zero-order chi connectivity index (χ0) is 5.15. The summed E-state index contributed by atoms with van der Waals surface area (Å²) in [5.74, 6) is -1.58.